The molecule has 0 bridgehead atoms. The van der Waals surface area contributed by atoms with Crippen LogP contribution in [0.4, 0.5) is 8.78 Å². The topological polar surface area (TPSA) is 76.0 Å². The minimum atomic E-state index is -0.934. The van der Waals surface area contributed by atoms with E-state index < -0.39 is 36.0 Å². The van der Waals surface area contributed by atoms with Crippen LogP contribution in [0.15, 0.2) is 48.6 Å². The predicted octanol–water partition coefficient (Wildman–Crippen LogP) is 4.55. The van der Waals surface area contributed by atoms with Crippen molar-refractivity contribution in [2.24, 2.45) is 11.8 Å². The van der Waals surface area contributed by atoms with Gasteiger partial charge in [-0.15, -0.1) is 0 Å². The number of rotatable bonds is 6. The molecule has 2 aromatic carbocycles. The lowest BCUT2D eigenvalue weighted by Crippen LogP contribution is -2.24. The average molecular weight is 473 g/mol. The summed E-state index contributed by atoms with van der Waals surface area (Å²) in [6.45, 7) is 3.54. The van der Waals surface area contributed by atoms with Crippen LogP contribution in [0.25, 0.3) is 0 Å². The molecule has 2 N–H and O–H groups in total. The second kappa shape index (κ2) is 10.2. The van der Waals surface area contributed by atoms with Crippen molar-refractivity contribution < 1.29 is 33.3 Å². The van der Waals surface area contributed by atoms with Gasteiger partial charge in [0.15, 0.2) is 11.6 Å². The molecule has 5 nitrogen and oxygen atoms in total. The zero-order chi connectivity index (χ0) is 24.4. The van der Waals surface area contributed by atoms with E-state index in [2.05, 4.69) is 0 Å². The van der Waals surface area contributed by atoms with Gasteiger partial charge in [-0.25, -0.2) is 13.6 Å². The van der Waals surface area contributed by atoms with Crippen molar-refractivity contribution in [2.45, 2.75) is 57.3 Å². The van der Waals surface area contributed by atoms with Crippen LogP contribution in [-0.2, 0) is 11.2 Å². The first-order valence-corrected chi connectivity index (χ1v) is 11.8. The number of carbonyl (C=O) groups is 1. The van der Waals surface area contributed by atoms with E-state index in [0.29, 0.717) is 30.4 Å². The molecular weight excluding hydrogens is 442 g/mol. The summed E-state index contributed by atoms with van der Waals surface area (Å²) in [6, 6.07) is 9.44. The molecule has 2 aliphatic rings. The van der Waals surface area contributed by atoms with Crippen molar-refractivity contribution in [3.05, 3.63) is 76.9 Å². The summed E-state index contributed by atoms with van der Waals surface area (Å²) in [6.07, 6.45) is 2.78. The number of aliphatic hydroxyl groups excluding tert-OH is 2. The molecular formula is C27H30F2O5. The molecule has 0 amide bonds. The molecule has 34 heavy (non-hydrogen) atoms. The Hall–Kier alpha value is -2.77. The van der Waals surface area contributed by atoms with Crippen molar-refractivity contribution in [1.82, 2.24) is 0 Å². The number of ether oxygens (including phenoxy) is 2. The van der Waals surface area contributed by atoms with Gasteiger partial charge in [0.1, 0.15) is 11.9 Å². The summed E-state index contributed by atoms with van der Waals surface area (Å²) in [5, 5.41) is 21.4. The quantitative estimate of drug-likeness (QED) is 0.477. The first-order valence-electron chi connectivity index (χ1n) is 11.8. The summed E-state index contributed by atoms with van der Waals surface area (Å²) < 4.78 is 40.2. The van der Waals surface area contributed by atoms with E-state index in [9.17, 15) is 19.4 Å². The molecule has 6 atom stereocenters. The van der Waals surface area contributed by atoms with E-state index in [-0.39, 0.29) is 35.6 Å². The maximum Gasteiger partial charge on any atom is 0.341 e. The van der Waals surface area contributed by atoms with Gasteiger partial charge in [0.2, 0.25) is 0 Å². The molecule has 182 valence electrons. The second-order valence-corrected chi connectivity index (χ2v) is 9.06. The van der Waals surface area contributed by atoms with Crippen molar-refractivity contribution >= 4 is 5.97 Å². The monoisotopic (exact) mass is 472 g/mol. The molecule has 1 aliphatic carbocycles. The minimum Gasteiger partial charge on any atom is -0.487 e. The Bertz CT molecular complexity index is 1070. The van der Waals surface area contributed by atoms with Gasteiger partial charge in [0.25, 0.3) is 0 Å². The number of halogens is 2. The lowest BCUT2D eigenvalue weighted by Gasteiger charge is -2.22. The summed E-state index contributed by atoms with van der Waals surface area (Å²) in [5.41, 5.74) is 0.926. The second-order valence-electron chi connectivity index (χ2n) is 9.06. The minimum absolute atomic E-state index is 0.0445. The van der Waals surface area contributed by atoms with Crippen LogP contribution >= 0.6 is 0 Å². The summed E-state index contributed by atoms with van der Waals surface area (Å²) in [4.78, 5) is 12.1. The fourth-order valence-corrected chi connectivity index (χ4v) is 5.09. The lowest BCUT2D eigenvalue weighted by atomic mass is 9.87. The molecule has 1 fully saturated rings. The van der Waals surface area contributed by atoms with Crippen LogP contribution in [0.3, 0.4) is 0 Å². The normalized spacial score (nSPS) is 25.7. The van der Waals surface area contributed by atoms with Gasteiger partial charge in [-0.05, 0) is 43.0 Å². The van der Waals surface area contributed by atoms with E-state index in [1.54, 1.807) is 50.3 Å². The van der Waals surface area contributed by atoms with E-state index in [4.69, 9.17) is 9.47 Å². The molecule has 1 aliphatic heterocycles. The van der Waals surface area contributed by atoms with Crippen LogP contribution in [0.5, 0.6) is 5.75 Å². The highest BCUT2D eigenvalue weighted by atomic mass is 19.1. The molecule has 0 aromatic heterocycles. The highest BCUT2D eigenvalue weighted by molar-refractivity contribution is 5.90. The summed E-state index contributed by atoms with van der Waals surface area (Å²) in [7, 11) is 0. The Morgan fingerprint density at radius 2 is 2.03 bits per heavy atom. The van der Waals surface area contributed by atoms with E-state index in [1.807, 2.05) is 0 Å². The van der Waals surface area contributed by atoms with Crippen LogP contribution < -0.4 is 4.74 Å². The first-order chi connectivity index (χ1) is 16.3. The predicted molar refractivity (Wildman–Crippen MR) is 123 cm³/mol. The van der Waals surface area contributed by atoms with Gasteiger partial charge < -0.3 is 19.7 Å². The smallest absolute Gasteiger partial charge is 0.341 e. The first kappa shape index (κ1) is 24.4. The number of aryl methyl sites for hydroxylation is 1. The van der Waals surface area contributed by atoms with Crippen molar-refractivity contribution in [3.8, 4) is 5.75 Å². The molecule has 0 radical (unpaired) electrons. The van der Waals surface area contributed by atoms with Crippen LogP contribution in [-0.4, -0.2) is 41.1 Å². The van der Waals surface area contributed by atoms with Gasteiger partial charge in [-0.3, -0.25) is 0 Å². The van der Waals surface area contributed by atoms with Crippen molar-refractivity contribution in [2.75, 3.05) is 6.61 Å². The zero-order valence-corrected chi connectivity index (χ0v) is 19.3. The molecule has 2 aromatic rings. The summed E-state index contributed by atoms with van der Waals surface area (Å²) >= 11 is 0. The molecule has 1 saturated carbocycles. The fraction of sp³-hybridized carbons (Fsp3) is 0.444. The molecule has 7 heteroatoms. The largest absolute Gasteiger partial charge is 0.487 e. The SMILES string of the molecule is CCOC(=O)c1ccc2c(c1F)O[C@H]1C[C@@H](O)[C@H](/C=C/C(O)[C@H](C)c3ccccc3F)[C@H]1CC2. The van der Waals surface area contributed by atoms with Gasteiger partial charge in [0, 0.05) is 24.2 Å². The van der Waals surface area contributed by atoms with Crippen LogP contribution in [0.1, 0.15) is 54.1 Å². The maximum atomic E-state index is 15.1. The standard InChI is InChI=1S/C27H30F2O5/c1-3-33-27(32)20-11-9-16-8-10-19-18(23(31)14-24(19)34-26(16)25(20)29)12-13-22(30)15(2)17-6-4-5-7-21(17)28/h4-7,9,11-13,15,18-19,22-24,30-31H,3,8,10,14H2,1-2H3/b13-12+/t15-,18-,19-,22?,23-,24+/m1/s1. The fourth-order valence-electron chi connectivity index (χ4n) is 5.09. The number of fused-ring (bicyclic) bond motifs is 2. The third-order valence-corrected chi connectivity index (χ3v) is 7.02. The summed E-state index contributed by atoms with van der Waals surface area (Å²) in [5.74, 6) is -2.66. The van der Waals surface area contributed by atoms with Crippen LogP contribution in [0, 0.1) is 23.5 Å². The molecule has 0 saturated heterocycles. The van der Waals surface area contributed by atoms with Gasteiger partial charge in [-0.2, -0.15) is 0 Å². The number of aliphatic hydroxyl groups is 2. The zero-order valence-electron chi connectivity index (χ0n) is 19.3. The molecule has 1 heterocycles. The molecule has 0 spiro atoms. The number of hydrogen-bond acceptors (Lipinski definition) is 5. The maximum absolute atomic E-state index is 15.1. The Morgan fingerprint density at radius 1 is 1.26 bits per heavy atom. The Kier molecular flexibility index (Phi) is 7.33. The number of hydrogen-bond donors (Lipinski definition) is 2. The molecule has 4 rings (SSSR count). The third-order valence-electron chi connectivity index (χ3n) is 7.02. The van der Waals surface area contributed by atoms with E-state index in [0.717, 1.165) is 0 Å². The highest BCUT2D eigenvalue weighted by Gasteiger charge is 2.44. The third kappa shape index (κ3) is 4.72. The number of carbonyl (C=O) groups excluding carboxylic acids is 1. The highest BCUT2D eigenvalue weighted by Crippen LogP contribution is 2.44. The van der Waals surface area contributed by atoms with E-state index in [1.165, 1.54) is 12.1 Å². The lowest BCUT2D eigenvalue weighted by molar-refractivity contribution is 0.0518. The average Bonchev–Trinajstić information content (AvgIpc) is 2.98. The van der Waals surface area contributed by atoms with E-state index >= 15 is 4.39 Å². The number of benzene rings is 2. The van der Waals surface area contributed by atoms with Gasteiger partial charge >= 0.3 is 5.97 Å². The van der Waals surface area contributed by atoms with Crippen molar-refractivity contribution in [1.29, 1.82) is 0 Å². The van der Waals surface area contributed by atoms with Crippen LogP contribution in [0.2, 0.25) is 0 Å². The van der Waals surface area contributed by atoms with Gasteiger partial charge in [-0.1, -0.05) is 43.3 Å². The van der Waals surface area contributed by atoms with Gasteiger partial charge in [0.05, 0.1) is 24.4 Å². The number of esters is 1. The molecule has 1 unspecified atom stereocenters. The Morgan fingerprint density at radius 3 is 2.76 bits per heavy atom. The Labute approximate surface area is 198 Å². The Balaban J connectivity index is 1.51. The van der Waals surface area contributed by atoms with Crippen molar-refractivity contribution in [3.63, 3.8) is 0 Å².